The lowest BCUT2D eigenvalue weighted by Gasteiger charge is -2.06. The molecule has 0 spiro atoms. The van der Waals surface area contributed by atoms with Crippen molar-refractivity contribution in [3.63, 3.8) is 0 Å². The Morgan fingerprint density at radius 3 is 2.55 bits per heavy atom. The van der Waals surface area contributed by atoms with Gasteiger partial charge in [-0.3, -0.25) is 4.79 Å². The molecule has 0 N–H and O–H groups in total. The van der Waals surface area contributed by atoms with Crippen LogP contribution in [0.3, 0.4) is 0 Å². The first-order valence-corrected chi connectivity index (χ1v) is 7.36. The summed E-state index contributed by atoms with van der Waals surface area (Å²) in [5, 5.41) is 2.49. The number of ketones is 1. The predicted molar refractivity (Wildman–Crippen MR) is 88.3 cm³/mol. The van der Waals surface area contributed by atoms with E-state index in [1.54, 1.807) is 23.6 Å². The van der Waals surface area contributed by atoms with Crippen LogP contribution in [0.1, 0.15) is 27.9 Å². The van der Waals surface area contributed by atoms with E-state index in [1.165, 1.54) is 0 Å². The van der Waals surface area contributed by atoms with Gasteiger partial charge in [-0.05, 0) is 35.7 Å². The van der Waals surface area contributed by atoms with Crippen molar-refractivity contribution in [2.45, 2.75) is 12.8 Å². The predicted octanol–water partition coefficient (Wildman–Crippen LogP) is 5.16. The highest BCUT2D eigenvalue weighted by Crippen LogP contribution is 2.23. The van der Waals surface area contributed by atoms with E-state index in [1.807, 2.05) is 24.3 Å². The van der Waals surface area contributed by atoms with Gasteiger partial charge in [0, 0.05) is 17.4 Å². The summed E-state index contributed by atoms with van der Waals surface area (Å²) in [4.78, 5) is 12.1. The van der Waals surface area contributed by atoms with Gasteiger partial charge in [-0.2, -0.15) is 0 Å². The minimum atomic E-state index is 0.0442. The minimum absolute atomic E-state index is 0.0442. The first-order valence-electron chi connectivity index (χ1n) is 6.13. The maximum absolute atomic E-state index is 12.1. The molecule has 0 heterocycles. The fraction of sp³-hybridized carbons (Fsp3) is 0.125. The third kappa shape index (κ3) is 3.66. The Balaban J connectivity index is 2.08. The van der Waals surface area contributed by atoms with Crippen LogP contribution in [0.15, 0.2) is 42.5 Å². The van der Waals surface area contributed by atoms with E-state index < -0.39 is 0 Å². The van der Waals surface area contributed by atoms with E-state index in [-0.39, 0.29) is 5.78 Å². The van der Waals surface area contributed by atoms with Crippen molar-refractivity contribution in [2.24, 2.45) is 0 Å². The summed E-state index contributed by atoms with van der Waals surface area (Å²) in [6.07, 6.45) is 1.07. The molecular formula is C16H12Cl2OS. The molecule has 0 aromatic heterocycles. The van der Waals surface area contributed by atoms with Crippen LogP contribution in [0.5, 0.6) is 0 Å². The van der Waals surface area contributed by atoms with E-state index in [0.717, 1.165) is 11.1 Å². The fourth-order valence-electron chi connectivity index (χ4n) is 1.94. The summed E-state index contributed by atoms with van der Waals surface area (Å²) in [6.45, 7) is 0. The maximum atomic E-state index is 12.1. The molecule has 0 unspecified atom stereocenters. The molecule has 0 amide bonds. The van der Waals surface area contributed by atoms with Gasteiger partial charge in [0.25, 0.3) is 0 Å². The maximum Gasteiger partial charge on any atom is 0.163 e. The first-order chi connectivity index (χ1) is 9.61. The number of carbonyl (C=O) groups is 1. The van der Waals surface area contributed by atoms with E-state index in [9.17, 15) is 4.79 Å². The lowest BCUT2D eigenvalue weighted by Crippen LogP contribution is -2.02. The molecule has 2 rings (SSSR count). The van der Waals surface area contributed by atoms with Crippen molar-refractivity contribution < 1.29 is 4.79 Å². The van der Waals surface area contributed by atoms with Gasteiger partial charge in [-0.15, -0.1) is 0 Å². The number of hydrogen-bond donors (Lipinski definition) is 0. The summed E-state index contributed by atoms with van der Waals surface area (Å²) in [6, 6.07) is 12.8. The number of benzene rings is 2. The number of carbonyl (C=O) groups excluding carboxylic acids is 1. The van der Waals surface area contributed by atoms with Crippen LogP contribution in [0.4, 0.5) is 0 Å². The minimum Gasteiger partial charge on any atom is -0.294 e. The smallest absolute Gasteiger partial charge is 0.163 e. The molecule has 0 saturated carbocycles. The van der Waals surface area contributed by atoms with Crippen molar-refractivity contribution in [2.75, 3.05) is 0 Å². The molecule has 102 valence electrons. The lowest BCUT2D eigenvalue weighted by atomic mass is 10.00. The van der Waals surface area contributed by atoms with Crippen LogP contribution in [-0.2, 0) is 6.42 Å². The Kier molecular flexibility index (Phi) is 5.30. The molecule has 0 aliphatic rings. The van der Waals surface area contributed by atoms with Crippen LogP contribution in [-0.4, -0.2) is 11.2 Å². The topological polar surface area (TPSA) is 17.1 Å². The normalized spacial score (nSPS) is 10.3. The van der Waals surface area contributed by atoms with Crippen LogP contribution >= 0.6 is 35.4 Å². The molecule has 0 saturated heterocycles. The highest BCUT2D eigenvalue weighted by molar-refractivity contribution is 7.79. The summed E-state index contributed by atoms with van der Waals surface area (Å²) in [5.74, 6) is 0.0442. The first kappa shape index (κ1) is 15.2. The van der Waals surface area contributed by atoms with Gasteiger partial charge >= 0.3 is 0 Å². The van der Waals surface area contributed by atoms with E-state index in [4.69, 9.17) is 35.4 Å². The highest BCUT2D eigenvalue weighted by Gasteiger charge is 2.09. The van der Waals surface area contributed by atoms with E-state index in [2.05, 4.69) is 0 Å². The monoisotopic (exact) mass is 322 g/mol. The van der Waals surface area contributed by atoms with Gasteiger partial charge < -0.3 is 0 Å². The number of Topliss-reactive ketones (excluding diaryl/α,β-unsaturated/α-hetero) is 1. The number of thiocarbonyl (C=S) groups is 1. The molecule has 2 aromatic carbocycles. The molecule has 4 heteroatoms. The second-order valence-corrected chi connectivity index (χ2v) is 5.42. The van der Waals surface area contributed by atoms with Gasteiger partial charge in [-0.1, -0.05) is 59.7 Å². The average Bonchev–Trinajstić information content (AvgIpc) is 2.47. The van der Waals surface area contributed by atoms with Crippen molar-refractivity contribution in [3.05, 3.63) is 69.2 Å². The molecule has 20 heavy (non-hydrogen) atoms. The van der Waals surface area contributed by atoms with Crippen LogP contribution in [0, 0.1) is 0 Å². The third-order valence-corrected chi connectivity index (χ3v) is 4.04. The second kappa shape index (κ2) is 6.98. The van der Waals surface area contributed by atoms with Gasteiger partial charge in [0.1, 0.15) is 0 Å². The van der Waals surface area contributed by atoms with Crippen LogP contribution in [0.2, 0.25) is 10.0 Å². The van der Waals surface area contributed by atoms with Gasteiger partial charge in [-0.25, -0.2) is 0 Å². The SMILES string of the molecule is O=C(CCc1ccccc1C=S)c1ccc(Cl)c(Cl)c1. The summed E-state index contributed by atoms with van der Waals surface area (Å²) in [5.41, 5.74) is 2.65. The molecule has 0 atom stereocenters. The molecule has 0 bridgehead atoms. The van der Waals surface area contributed by atoms with E-state index in [0.29, 0.717) is 28.5 Å². The number of rotatable bonds is 5. The van der Waals surface area contributed by atoms with Crippen molar-refractivity contribution >= 4 is 46.6 Å². The Labute approximate surface area is 133 Å². The largest absolute Gasteiger partial charge is 0.294 e. The average molecular weight is 323 g/mol. The third-order valence-electron chi connectivity index (χ3n) is 3.05. The Morgan fingerprint density at radius 1 is 1.10 bits per heavy atom. The van der Waals surface area contributed by atoms with Gasteiger partial charge in [0.2, 0.25) is 0 Å². The molecular weight excluding hydrogens is 311 g/mol. The Hall–Kier alpha value is -1.22. The second-order valence-electron chi connectivity index (χ2n) is 4.37. The zero-order chi connectivity index (χ0) is 14.5. The summed E-state index contributed by atoms with van der Waals surface area (Å²) < 4.78 is 0. The number of halogens is 2. The fourth-order valence-corrected chi connectivity index (χ4v) is 2.47. The zero-order valence-electron chi connectivity index (χ0n) is 10.6. The number of aryl methyl sites for hydroxylation is 1. The summed E-state index contributed by atoms with van der Waals surface area (Å²) >= 11 is 16.7. The zero-order valence-corrected chi connectivity index (χ0v) is 12.9. The molecule has 0 fully saturated rings. The van der Waals surface area contributed by atoms with Crippen LogP contribution < -0.4 is 0 Å². The molecule has 1 nitrogen and oxygen atoms in total. The standard InChI is InChI=1S/C16H12Cl2OS/c17-14-7-5-12(9-15(14)18)16(19)8-6-11-3-1-2-4-13(11)10-20/h1-5,7,9-10H,6,8H2. The molecule has 2 aromatic rings. The molecule has 0 aliphatic carbocycles. The highest BCUT2D eigenvalue weighted by atomic mass is 35.5. The van der Waals surface area contributed by atoms with Gasteiger partial charge in [0.15, 0.2) is 5.78 Å². The summed E-state index contributed by atoms with van der Waals surface area (Å²) in [7, 11) is 0. The van der Waals surface area contributed by atoms with Crippen molar-refractivity contribution in [3.8, 4) is 0 Å². The number of hydrogen-bond acceptors (Lipinski definition) is 2. The Bertz CT molecular complexity index is 653. The quantitative estimate of drug-likeness (QED) is 0.559. The lowest BCUT2D eigenvalue weighted by molar-refractivity contribution is 0.0983. The van der Waals surface area contributed by atoms with E-state index >= 15 is 0 Å². The van der Waals surface area contributed by atoms with Crippen molar-refractivity contribution in [1.82, 2.24) is 0 Å². The Morgan fingerprint density at radius 2 is 1.85 bits per heavy atom. The molecule has 0 radical (unpaired) electrons. The van der Waals surface area contributed by atoms with Crippen LogP contribution in [0.25, 0.3) is 0 Å². The van der Waals surface area contributed by atoms with Crippen molar-refractivity contribution in [1.29, 1.82) is 0 Å². The van der Waals surface area contributed by atoms with Gasteiger partial charge in [0.05, 0.1) is 10.0 Å². The molecule has 0 aliphatic heterocycles.